The highest BCUT2D eigenvalue weighted by molar-refractivity contribution is 5.77. The average Bonchev–Trinajstić information content (AvgIpc) is 3.09. The number of likely N-dealkylation sites (tertiary alicyclic amines) is 1. The van der Waals surface area contributed by atoms with Crippen molar-refractivity contribution in [1.29, 1.82) is 0 Å². The van der Waals surface area contributed by atoms with Gasteiger partial charge in [0, 0.05) is 50.9 Å². The number of rotatable bonds is 4. The van der Waals surface area contributed by atoms with E-state index in [9.17, 15) is 4.79 Å². The van der Waals surface area contributed by atoms with Crippen LogP contribution in [0.25, 0.3) is 5.82 Å². The summed E-state index contributed by atoms with van der Waals surface area (Å²) in [4.78, 5) is 26.9. The first-order valence-electron chi connectivity index (χ1n) is 7.35. The second kappa shape index (κ2) is 6.65. The number of hydrogen-bond acceptors (Lipinski definition) is 5. The van der Waals surface area contributed by atoms with Crippen LogP contribution in [0.4, 0.5) is 0 Å². The second-order valence-electron chi connectivity index (χ2n) is 5.35. The van der Waals surface area contributed by atoms with Gasteiger partial charge in [0.15, 0.2) is 5.82 Å². The predicted molar refractivity (Wildman–Crippen MR) is 79.6 cm³/mol. The van der Waals surface area contributed by atoms with E-state index in [2.05, 4.69) is 15.0 Å². The fourth-order valence-corrected chi connectivity index (χ4v) is 2.85. The number of amides is 1. The minimum Gasteiger partial charge on any atom is -0.375 e. The van der Waals surface area contributed by atoms with Gasteiger partial charge in [0.05, 0.1) is 5.69 Å². The number of carbonyl (C=O) groups is 1. The van der Waals surface area contributed by atoms with Gasteiger partial charge >= 0.3 is 0 Å². The fourth-order valence-electron chi connectivity index (χ4n) is 2.85. The number of ether oxygens (including phenoxy) is 1. The van der Waals surface area contributed by atoms with Crippen LogP contribution in [0.5, 0.6) is 0 Å². The maximum Gasteiger partial charge on any atom is 0.248 e. The van der Waals surface area contributed by atoms with Crippen LogP contribution in [0, 0.1) is 0 Å². The van der Waals surface area contributed by atoms with Crippen molar-refractivity contribution in [3.05, 3.63) is 36.8 Å². The minimum absolute atomic E-state index is 0.0280. The molecule has 1 atom stereocenters. The minimum atomic E-state index is 0.0280. The molecule has 1 unspecified atom stereocenters. The molecule has 3 heterocycles. The maximum atomic E-state index is 12.0. The first kappa shape index (κ1) is 14.6. The van der Waals surface area contributed by atoms with Gasteiger partial charge < -0.3 is 9.64 Å². The summed E-state index contributed by atoms with van der Waals surface area (Å²) in [5.41, 5.74) is 0.912. The van der Waals surface area contributed by atoms with Crippen LogP contribution in [0.2, 0.25) is 0 Å². The Hall–Kier alpha value is -2.28. The number of methoxy groups -OCH3 is 1. The highest BCUT2D eigenvalue weighted by atomic mass is 16.5. The Morgan fingerprint density at radius 2 is 2.23 bits per heavy atom. The number of piperidine rings is 1. The Balaban J connectivity index is 1.84. The summed E-state index contributed by atoms with van der Waals surface area (Å²) in [6, 6.07) is 0. The molecule has 1 aliphatic heterocycles. The van der Waals surface area contributed by atoms with Gasteiger partial charge in [-0.05, 0) is 12.8 Å². The number of nitrogens with zero attached hydrogens (tertiary/aromatic N) is 5. The molecule has 0 aliphatic carbocycles. The van der Waals surface area contributed by atoms with Crippen LogP contribution in [-0.2, 0) is 9.53 Å². The summed E-state index contributed by atoms with van der Waals surface area (Å²) in [6.45, 7) is 1.56. The Kier molecular flexibility index (Phi) is 4.43. The Morgan fingerprint density at radius 1 is 1.36 bits per heavy atom. The fraction of sp³-hybridized carbons (Fsp3) is 0.467. The first-order valence-corrected chi connectivity index (χ1v) is 7.35. The molecule has 2 aromatic rings. The largest absolute Gasteiger partial charge is 0.375 e. The van der Waals surface area contributed by atoms with E-state index in [0.717, 1.165) is 30.9 Å². The molecule has 2 aromatic heterocycles. The lowest BCUT2D eigenvalue weighted by molar-refractivity contribution is -0.136. The Bertz CT molecular complexity index is 629. The van der Waals surface area contributed by atoms with Gasteiger partial charge in [-0.1, -0.05) is 0 Å². The smallest absolute Gasteiger partial charge is 0.248 e. The molecule has 0 aromatic carbocycles. The van der Waals surface area contributed by atoms with Gasteiger partial charge in [-0.15, -0.1) is 0 Å². The van der Waals surface area contributed by atoms with E-state index in [1.807, 2.05) is 15.7 Å². The summed E-state index contributed by atoms with van der Waals surface area (Å²) in [6.07, 6.45) is 10.6. The summed E-state index contributed by atoms with van der Waals surface area (Å²) in [7, 11) is 1.54. The summed E-state index contributed by atoms with van der Waals surface area (Å²) >= 11 is 0. The number of carbonyl (C=O) groups excluding carboxylic acids is 1. The Morgan fingerprint density at radius 3 is 3.00 bits per heavy atom. The lowest BCUT2D eigenvalue weighted by Gasteiger charge is -2.32. The van der Waals surface area contributed by atoms with Crippen molar-refractivity contribution in [3.8, 4) is 5.82 Å². The van der Waals surface area contributed by atoms with Crippen LogP contribution in [0.3, 0.4) is 0 Å². The SMILES string of the molecule is COCC(=O)N1CCCC(c2nccnc2-n2ccnc2)C1. The summed E-state index contributed by atoms with van der Waals surface area (Å²) in [5.74, 6) is 0.993. The zero-order valence-corrected chi connectivity index (χ0v) is 12.6. The van der Waals surface area contributed by atoms with Crippen molar-refractivity contribution >= 4 is 5.91 Å². The van der Waals surface area contributed by atoms with Crippen molar-refractivity contribution in [2.45, 2.75) is 18.8 Å². The summed E-state index contributed by atoms with van der Waals surface area (Å²) < 4.78 is 6.81. The van der Waals surface area contributed by atoms with Gasteiger partial charge in [0.2, 0.25) is 5.91 Å². The van der Waals surface area contributed by atoms with Gasteiger partial charge in [0.25, 0.3) is 0 Å². The van der Waals surface area contributed by atoms with Gasteiger partial charge in [0.1, 0.15) is 12.9 Å². The molecule has 1 fully saturated rings. The molecule has 0 saturated carbocycles. The van der Waals surface area contributed by atoms with Crippen LogP contribution < -0.4 is 0 Å². The quantitative estimate of drug-likeness (QED) is 0.843. The topological polar surface area (TPSA) is 73.1 Å². The lowest BCUT2D eigenvalue weighted by Crippen LogP contribution is -2.41. The van der Waals surface area contributed by atoms with E-state index in [1.165, 1.54) is 0 Å². The molecule has 0 bridgehead atoms. The lowest BCUT2D eigenvalue weighted by atomic mass is 9.94. The predicted octanol–water partition coefficient (Wildman–Crippen LogP) is 1.01. The van der Waals surface area contributed by atoms with Crippen molar-refractivity contribution in [3.63, 3.8) is 0 Å². The zero-order chi connectivity index (χ0) is 15.4. The third kappa shape index (κ3) is 2.99. The van der Waals surface area contributed by atoms with Crippen molar-refractivity contribution in [2.75, 3.05) is 26.8 Å². The monoisotopic (exact) mass is 301 g/mol. The van der Waals surface area contributed by atoms with Crippen LogP contribution in [0.1, 0.15) is 24.5 Å². The molecule has 0 N–H and O–H groups in total. The molecule has 7 nitrogen and oxygen atoms in total. The molecule has 1 aliphatic rings. The molecule has 7 heteroatoms. The highest BCUT2D eigenvalue weighted by Gasteiger charge is 2.27. The van der Waals surface area contributed by atoms with Crippen molar-refractivity contribution < 1.29 is 9.53 Å². The molecule has 1 saturated heterocycles. The average molecular weight is 301 g/mol. The van der Waals surface area contributed by atoms with E-state index in [0.29, 0.717) is 6.54 Å². The van der Waals surface area contributed by atoms with E-state index < -0.39 is 0 Å². The molecular weight excluding hydrogens is 282 g/mol. The van der Waals surface area contributed by atoms with E-state index in [-0.39, 0.29) is 18.4 Å². The van der Waals surface area contributed by atoms with Crippen LogP contribution in [0.15, 0.2) is 31.1 Å². The molecule has 116 valence electrons. The van der Waals surface area contributed by atoms with Crippen LogP contribution >= 0.6 is 0 Å². The zero-order valence-electron chi connectivity index (χ0n) is 12.6. The molecule has 0 radical (unpaired) electrons. The van der Waals surface area contributed by atoms with Gasteiger partial charge in [-0.2, -0.15) is 0 Å². The normalized spacial score (nSPS) is 18.4. The first-order chi connectivity index (χ1) is 10.8. The number of aromatic nitrogens is 4. The third-order valence-electron chi connectivity index (χ3n) is 3.88. The molecule has 22 heavy (non-hydrogen) atoms. The van der Waals surface area contributed by atoms with Gasteiger partial charge in [-0.25, -0.2) is 9.97 Å². The molecule has 1 amide bonds. The maximum absolute atomic E-state index is 12.0. The van der Waals surface area contributed by atoms with Crippen molar-refractivity contribution in [1.82, 2.24) is 24.4 Å². The van der Waals surface area contributed by atoms with Crippen LogP contribution in [-0.4, -0.2) is 57.1 Å². The molecule has 3 rings (SSSR count). The molecular formula is C15H19N5O2. The number of hydrogen-bond donors (Lipinski definition) is 0. The number of imidazole rings is 1. The standard InChI is InChI=1S/C15H19N5O2/c1-22-10-13(21)19-7-2-3-12(9-19)14-15(18-5-4-17-14)20-8-6-16-11-20/h4-6,8,11-12H,2-3,7,9-10H2,1H3. The third-order valence-corrected chi connectivity index (χ3v) is 3.88. The second-order valence-corrected chi connectivity index (χ2v) is 5.35. The highest BCUT2D eigenvalue weighted by Crippen LogP contribution is 2.28. The van der Waals surface area contributed by atoms with E-state index in [4.69, 9.17) is 4.74 Å². The Labute approximate surface area is 129 Å². The molecule has 0 spiro atoms. The van der Waals surface area contributed by atoms with Crippen molar-refractivity contribution in [2.24, 2.45) is 0 Å². The summed E-state index contributed by atoms with van der Waals surface area (Å²) in [5, 5.41) is 0. The van der Waals surface area contributed by atoms with E-state index in [1.54, 1.807) is 32.0 Å². The van der Waals surface area contributed by atoms with E-state index >= 15 is 0 Å². The van der Waals surface area contributed by atoms with Gasteiger partial charge in [-0.3, -0.25) is 14.3 Å².